The molecule has 4 N–H and O–H groups in total. The van der Waals surface area contributed by atoms with Crippen LogP contribution in [0.15, 0.2) is 30.5 Å². The number of carbonyl (C=O) groups is 1. The standard InChI is InChI=1S/C19H24N4O2/c1-12-13(2)22-23-17(12)7-8-19(25)21-15(11-24)9-14-10-20-18-6-4-3-5-16(14)18/h3-6,10,15,20,24H,7-9,11H2,1-2H3,(H,21,25)(H,22,23)/t15-/m0/s1. The van der Waals surface area contributed by atoms with Crippen LogP contribution >= 0.6 is 0 Å². The summed E-state index contributed by atoms with van der Waals surface area (Å²) in [6.07, 6.45) is 3.48. The van der Waals surface area contributed by atoms with Gasteiger partial charge >= 0.3 is 0 Å². The lowest BCUT2D eigenvalue weighted by atomic mass is 10.0. The van der Waals surface area contributed by atoms with Crippen LogP contribution < -0.4 is 5.32 Å². The minimum absolute atomic E-state index is 0.0704. The van der Waals surface area contributed by atoms with Gasteiger partial charge in [-0.15, -0.1) is 0 Å². The molecule has 3 rings (SSSR count). The lowest BCUT2D eigenvalue weighted by molar-refractivity contribution is -0.122. The second kappa shape index (κ2) is 7.53. The summed E-state index contributed by atoms with van der Waals surface area (Å²) in [5.41, 5.74) is 5.21. The van der Waals surface area contributed by atoms with Crippen molar-refractivity contribution in [2.45, 2.75) is 39.2 Å². The number of fused-ring (bicyclic) bond motifs is 1. The maximum atomic E-state index is 12.2. The van der Waals surface area contributed by atoms with Crippen LogP contribution in [-0.4, -0.2) is 38.8 Å². The van der Waals surface area contributed by atoms with Gasteiger partial charge in [0.05, 0.1) is 18.3 Å². The molecule has 0 saturated heterocycles. The van der Waals surface area contributed by atoms with Gasteiger partial charge in [0, 0.05) is 35.6 Å². The van der Waals surface area contributed by atoms with Gasteiger partial charge in [-0.05, 0) is 37.5 Å². The topological polar surface area (TPSA) is 93.8 Å². The van der Waals surface area contributed by atoms with Gasteiger partial charge in [-0.25, -0.2) is 0 Å². The first-order valence-corrected chi connectivity index (χ1v) is 8.54. The SMILES string of the molecule is Cc1[nH]nc(CCC(=O)N[C@H](CO)Cc2c[nH]c3ccccc23)c1C. The Hall–Kier alpha value is -2.60. The van der Waals surface area contributed by atoms with Gasteiger partial charge in [-0.1, -0.05) is 18.2 Å². The molecule has 0 aliphatic heterocycles. The number of aryl methyl sites for hydroxylation is 2. The summed E-state index contributed by atoms with van der Waals surface area (Å²) in [5, 5.41) is 20.8. The van der Waals surface area contributed by atoms with Gasteiger partial charge in [-0.3, -0.25) is 9.89 Å². The molecule has 2 heterocycles. The molecule has 0 spiro atoms. The van der Waals surface area contributed by atoms with Gasteiger partial charge < -0.3 is 15.4 Å². The minimum Gasteiger partial charge on any atom is -0.394 e. The van der Waals surface area contributed by atoms with E-state index >= 15 is 0 Å². The third-order valence-electron chi connectivity index (χ3n) is 4.67. The Labute approximate surface area is 146 Å². The third kappa shape index (κ3) is 3.91. The van der Waals surface area contributed by atoms with Crippen molar-refractivity contribution in [3.05, 3.63) is 53.0 Å². The quantitative estimate of drug-likeness (QED) is 0.531. The molecule has 6 heteroatoms. The molecule has 0 saturated carbocycles. The van der Waals surface area contributed by atoms with Crippen molar-refractivity contribution < 1.29 is 9.90 Å². The van der Waals surface area contributed by atoms with Crippen LogP contribution in [0.25, 0.3) is 10.9 Å². The first-order valence-electron chi connectivity index (χ1n) is 8.54. The molecule has 2 aromatic heterocycles. The zero-order chi connectivity index (χ0) is 17.8. The van der Waals surface area contributed by atoms with E-state index in [9.17, 15) is 9.90 Å². The van der Waals surface area contributed by atoms with E-state index in [0.29, 0.717) is 19.3 Å². The molecule has 1 aromatic carbocycles. The molecule has 3 aromatic rings. The number of aromatic amines is 2. The summed E-state index contributed by atoms with van der Waals surface area (Å²) in [7, 11) is 0. The molecule has 0 aliphatic carbocycles. The Kier molecular flexibility index (Phi) is 5.19. The number of aliphatic hydroxyl groups is 1. The molecule has 0 unspecified atom stereocenters. The largest absolute Gasteiger partial charge is 0.394 e. The molecule has 132 valence electrons. The fourth-order valence-corrected chi connectivity index (χ4v) is 3.04. The van der Waals surface area contributed by atoms with E-state index in [0.717, 1.165) is 33.4 Å². The van der Waals surface area contributed by atoms with E-state index in [1.165, 1.54) is 0 Å². The molecule has 0 aliphatic rings. The van der Waals surface area contributed by atoms with Gasteiger partial charge in [0.15, 0.2) is 0 Å². The Morgan fingerprint density at radius 1 is 1.32 bits per heavy atom. The van der Waals surface area contributed by atoms with E-state index in [1.54, 1.807) is 0 Å². The molecule has 25 heavy (non-hydrogen) atoms. The second-order valence-electron chi connectivity index (χ2n) is 6.43. The highest BCUT2D eigenvalue weighted by Gasteiger charge is 2.15. The third-order valence-corrected chi connectivity index (χ3v) is 4.67. The van der Waals surface area contributed by atoms with Crippen LogP contribution in [0.5, 0.6) is 0 Å². The summed E-state index contributed by atoms with van der Waals surface area (Å²) in [6.45, 7) is 3.88. The maximum absolute atomic E-state index is 12.2. The Morgan fingerprint density at radius 3 is 2.84 bits per heavy atom. The van der Waals surface area contributed by atoms with Crippen molar-refractivity contribution >= 4 is 16.8 Å². The monoisotopic (exact) mass is 340 g/mol. The molecular weight excluding hydrogens is 316 g/mol. The fraction of sp³-hybridized carbons (Fsp3) is 0.368. The predicted molar refractivity (Wildman–Crippen MR) is 97.4 cm³/mol. The van der Waals surface area contributed by atoms with Crippen molar-refractivity contribution in [3.63, 3.8) is 0 Å². The lowest BCUT2D eigenvalue weighted by Gasteiger charge is -2.16. The smallest absolute Gasteiger partial charge is 0.220 e. The molecule has 0 bridgehead atoms. The number of nitrogens with zero attached hydrogens (tertiary/aromatic N) is 1. The Bertz CT molecular complexity index is 865. The van der Waals surface area contributed by atoms with E-state index < -0.39 is 0 Å². The molecule has 1 amide bonds. The van der Waals surface area contributed by atoms with Crippen LogP contribution in [-0.2, 0) is 17.6 Å². The van der Waals surface area contributed by atoms with Crippen LogP contribution in [0.2, 0.25) is 0 Å². The highest BCUT2D eigenvalue weighted by molar-refractivity contribution is 5.83. The number of nitrogens with one attached hydrogen (secondary N) is 3. The highest BCUT2D eigenvalue weighted by Crippen LogP contribution is 2.19. The first-order chi connectivity index (χ1) is 12.1. The van der Waals surface area contributed by atoms with Gasteiger partial charge in [0.1, 0.15) is 0 Å². The van der Waals surface area contributed by atoms with Crippen molar-refractivity contribution in [2.24, 2.45) is 0 Å². The second-order valence-corrected chi connectivity index (χ2v) is 6.43. The number of aliphatic hydroxyl groups excluding tert-OH is 1. The number of aromatic nitrogens is 3. The van der Waals surface area contributed by atoms with Gasteiger partial charge in [0.2, 0.25) is 5.91 Å². The molecular formula is C19H24N4O2. The minimum atomic E-state index is -0.297. The number of carbonyl (C=O) groups excluding carboxylic acids is 1. The number of benzene rings is 1. The van der Waals surface area contributed by atoms with E-state index in [2.05, 4.69) is 20.5 Å². The predicted octanol–water partition coefficient (Wildman–Crippen LogP) is 2.16. The van der Waals surface area contributed by atoms with Crippen molar-refractivity contribution in [1.82, 2.24) is 20.5 Å². The van der Waals surface area contributed by atoms with Crippen LogP contribution in [0.1, 0.15) is 28.9 Å². The van der Waals surface area contributed by atoms with Crippen molar-refractivity contribution in [2.75, 3.05) is 6.61 Å². The number of hydrogen-bond donors (Lipinski definition) is 4. The lowest BCUT2D eigenvalue weighted by Crippen LogP contribution is -2.39. The molecule has 0 fully saturated rings. The Balaban J connectivity index is 1.58. The first kappa shape index (κ1) is 17.2. The van der Waals surface area contributed by atoms with Crippen molar-refractivity contribution in [1.29, 1.82) is 0 Å². The van der Waals surface area contributed by atoms with Gasteiger partial charge in [0.25, 0.3) is 0 Å². The van der Waals surface area contributed by atoms with Crippen LogP contribution in [0.3, 0.4) is 0 Å². The summed E-state index contributed by atoms with van der Waals surface area (Å²) >= 11 is 0. The fourth-order valence-electron chi connectivity index (χ4n) is 3.04. The molecule has 1 atom stereocenters. The van der Waals surface area contributed by atoms with Gasteiger partial charge in [-0.2, -0.15) is 5.10 Å². The summed E-state index contributed by atoms with van der Waals surface area (Å²) < 4.78 is 0. The maximum Gasteiger partial charge on any atom is 0.220 e. The van der Waals surface area contributed by atoms with E-state index in [-0.39, 0.29) is 18.6 Å². The van der Waals surface area contributed by atoms with Crippen LogP contribution in [0, 0.1) is 13.8 Å². The highest BCUT2D eigenvalue weighted by atomic mass is 16.3. The molecule has 6 nitrogen and oxygen atoms in total. The van der Waals surface area contributed by atoms with E-state index in [1.807, 2.05) is 44.3 Å². The Morgan fingerprint density at radius 2 is 2.12 bits per heavy atom. The van der Waals surface area contributed by atoms with E-state index in [4.69, 9.17) is 0 Å². The number of H-pyrrole nitrogens is 2. The average molecular weight is 340 g/mol. The van der Waals surface area contributed by atoms with Crippen molar-refractivity contribution in [3.8, 4) is 0 Å². The average Bonchev–Trinajstić information content (AvgIpc) is 3.17. The van der Waals surface area contributed by atoms with Crippen LogP contribution in [0.4, 0.5) is 0 Å². The number of rotatable bonds is 7. The number of hydrogen-bond acceptors (Lipinski definition) is 3. The number of amides is 1. The zero-order valence-electron chi connectivity index (χ0n) is 14.6. The summed E-state index contributed by atoms with van der Waals surface area (Å²) in [4.78, 5) is 15.4. The normalized spacial score (nSPS) is 12.4. The molecule has 0 radical (unpaired) electrons. The zero-order valence-corrected chi connectivity index (χ0v) is 14.6. The number of para-hydroxylation sites is 1. The summed E-state index contributed by atoms with van der Waals surface area (Å²) in [5.74, 6) is -0.0704. The summed E-state index contributed by atoms with van der Waals surface area (Å²) in [6, 6.07) is 7.72.